The van der Waals surface area contributed by atoms with Crippen LogP contribution in [-0.4, -0.2) is 23.5 Å². The number of hydrogen-bond acceptors (Lipinski definition) is 2. The molecule has 0 saturated heterocycles. The Balaban J connectivity index is 2.61. The molecule has 0 unspecified atom stereocenters. The highest BCUT2D eigenvalue weighted by molar-refractivity contribution is 6.07. The fourth-order valence-electron chi connectivity index (χ4n) is 1.67. The van der Waals surface area contributed by atoms with Crippen LogP contribution in [0.2, 0.25) is 0 Å². The predicted octanol–water partition coefficient (Wildman–Crippen LogP) is 1.90. The number of para-hydroxylation sites is 1. The molecule has 5 heteroatoms. The number of rotatable bonds is 0. The van der Waals surface area contributed by atoms with Crippen LogP contribution in [0.3, 0.4) is 0 Å². The Bertz CT molecular complexity index is 444. The van der Waals surface area contributed by atoms with Crippen molar-refractivity contribution < 1.29 is 19.1 Å². The van der Waals surface area contributed by atoms with Crippen molar-refractivity contribution in [2.75, 3.05) is 11.4 Å². The number of anilines is 1. The summed E-state index contributed by atoms with van der Waals surface area (Å²) in [5.41, 5.74) is 0.0184. The average molecular weight is 209 g/mol. The third-order valence-electron chi connectivity index (χ3n) is 2.35. The molecule has 1 aliphatic heterocycles. The number of ketones is 1. The van der Waals surface area contributed by atoms with Gasteiger partial charge < -0.3 is 5.11 Å². The van der Waals surface area contributed by atoms with Gasteiger partial charge in [-0.15, -0.1) is 0 Å². The molecule has 1 aromatic rings. The van der Waals surface area contributed by atoms with E-state index in [1.54, 1.807) is 0 Å². The molecule has 1 heterocycles. The number of hydrogen-bond donors (Lipinski definition) is 1. The molecule has 2 rings (SSSR count). The number of carboxylic acid groups (broad SMARTS) is 1. The highest BCUT2D eigenvalue weighted by Crippen LogP contribution is 2.29. The highest BCUT2D eigenvalue weighted by atomic mass is 19.1. The highest BCUT2D eigenvalue weighted by Gasteiger charge is 2.29. The van der Waals surface area contributed by atoms with Gasteiger partial charge in [-0.2, -0.15) is 0 Å². The summed E-state index contributed by atoms with van der Waals surface area (Å²) >= 11 is 0. The zero-order valence-corrected chi connectivity index (χ0v) is 7.74. The van der Waals surface area contributed by atoms with Gasteiger partial charge in [-0.25, -0.2) is 9.18 Å². The average Bonchev–Trinajstić information content (AvgIpc) is 2.19. The zero-order chi connectivity index (χ0) is 11.0. The first-order valence-electron chi connectivity index (χ1n) is 4.43. The lowest BCUT2D eigenvalue weighted by molar-refractivity contribution is 0.0979. The van der Waals surface area contributed by atoms with Crippen LogP contribution >= 0.6 is 0 Å². The SMILES string of the molecule is O=C1CCN(C(=O)O)c2c(F)cccc21. The molecular formula is C10H8FNO3. The minimum atomic E-state index is -1.24. The second-order valence-electron chi connectivity index (χ2n) is 3.24. The maximum Gasteiger partial charge on any atom is 0.411 e. The summed E-state index contributed by atoms with van der Waals surface area (Å²) in [5.74, 6) is -0.898. The van der Waals surface area contributed by atoms with Crippen molar-refractivity contribution in [1.82, 2.24) is 0 Å². The quantitative estimate of drug-likeness (QED) is 0.709. The maximum absolute atomic E-state index is 13.4. The summed E-state index contributed by atoms with van der Waals surface area (Å²) in [5, 5.41) is 8.84. The zero-order valence-electron chi connectivity index (χ0n) is 7.74. The Labute approximate surface area is 84.9 Å². The van der Waals surface area contributed by atoms with Crippen LogP contribution in [0.15, 0.2) is 18.2 Å². The van der Waals surface area contributed by atoms with Crippen LogP contribution < -0.4 is 4.90 Å². The van der Waals surface area contributed by atoms with E-state index in [0.717, 1.165) is 11.0 Å². The molecular weight excluding hydrogens is 201 g/mol. The summed E-state index contributed by atoms with van der Waals surface area (Å²) in [6, 6.07) is 3.99. The number of Topliss-reactive ketones (excluding diaryl/α,β-unsaturated/α-hetero) is 1. The van der Waals surface area contributed by atoms with Crippen molar-refractivity contribution in [3.05, 3.63) is 29.6 Å². The van der Waals surface area contributed by atoms with E-state index >= 15 is 0 Å². The fraction of sp³-hybridized carbons (Fsp3) is 0.200. The molecule has 1 aromatic carbocycles. The first-order valence-corrected chi connectivity index (χ1v) is 4.43. The van der Waals surface area contributed by atoms with Crippen LogP contribution in [0.1, 0.15) is 16.8 Å². The van der Waals surface area contributed by atoms with Crippen LogP contribution in [0.25, 0.3) is 0 Å². The first-order chi connectivity index (χ1) is 7.11. The van der Waals surface area contributed by atoms with Crippen molar-refractivity contribution in [2.45, 2.75) is 6.42 Å². The van der Waals surface area contributed by atoms with Gasteiger partial charge in [-0.05, 0) is 12.1 Å². The van der Waals surface area contributed by atoms with Crippen molar-refractivity contribution >= 4 is 17.6 Å². The van der Waals surface area contributed by atoms with E-state index < -0.39 is 11.9 Å². The van der Waals surface area contributed by atoms with Crippen molar-refractivity contribution in [1.29, 1.82) is 0 Å². The summed E-state index contributed by atoms with van der Waals surface area (Å²) in [4.78, 5) is 23.1. The molecule has 0 aromatic heterocycles. The topological polar surface area (TPSA) is 57.6 Å². The largest absolute Gasteiger partial charge is 0.465 e. The number of carbonyl (C=O) groups is 2. The lowest BCUT2D eigenvalue weighted by Gasteiger charge is -2.26. The Hall–Kier alpha value is -1.91. The van der Waals surface area contributed by atoms with E-state index in [1.165, 1.54) is 12.1 Å². The van der Waals surface area contributed by atoms with E-state index in [2.05, 4.69) is 0 Å². The van der Waals surface area contributed by atoms with Gasteiger partial charge in [0.1, 0.15) is 5.82 Å². The Kier molecular flexibility index (Phi) is 2.15. The number of carbonyl (C=O) groups excluding carboxylic acids is 1. The van der Waals surface area contributed by atoms with Crippen molar-refractivity contribution in [3.63, 3.8) is 0 Å². The van der Waals surface area contributed by atoms with Crippen LogP contribution in [0, 0.1) is 5.82 Å². The normalized spacial score (nSPS) is 15.0. The Morgan fingerprint density at radius 2 is 2.20 bits per heavy atom. The summed E-state index contributed by atoms with van der Waals surface area (Å²) in [6.45, 7) is 0.0160. The molecule has 0 spiro atoms. The molecule has 0 atom stereocenters. The molecule has 1 amide bonds. The standard InChI is InChI=1S/C10H8FNO3/c11-7-3-1-2-6-8(13)4-5-12(9(6)7)10(14)15/h1-3H,4-5H2,(H,14,15). The van der Waals surface area contributed by atoms with Crippen LogP contribution in [0.4, 0.5) is 14.9 Å². The van der Waals surface area contributed by atoms with Gasteiger partial charge in [-0.3, -0.25) is 9.69 Å². The van der Waals surface area contributed by atoms with Crippen LogP contribution in [0.5, 0.6) is 0 Å². The molecule has 4 nitrogen and oxygen atoms in total. The lowest BCUT2D eigenvalue weighted by atomic mass is 10.0. The molecule has 15 heavy (non-hydrogen) atoms. The smallest absolute Gasteiger partial charge is 0.411 e. The second kappa shape index (κ2) is 3.34. The molecule has 1 N–H and O–H groups in total. The van der Waals surface area contributed by atoms with Crippen LogP contribution in [-0.2, 0) is 0 Å². The number of nitrogens with zero attached hydrogens (tertiary/aromatic N) is 1. The minimum Gasteiger partial charge on any atom is -0.465 e. The molecule has 0 fully saturated rings. The van der Waals surface area contributed by atoms with Gasteiger partial charge in [0.05, 0.1) is 5.69 Å². The van der Waals surface area contributed by atoms with Gasteiger partial charge in [0, 0.05) is 18.5 Å². The molecule has 1 aliphatic rings. The van der Waals surface area contributed by atoms with Crippen molar-refractivity contribution in [3.8, 4) is 0 Å². The van der Waals surface area contributed by atoms with Gasteiger partial charge >= 0.3 is 6.09 Å². The summed E-state index contributed by atoms with van der Waals surface area (Å²) < 4.78 is 13.4. The third-order valence-corrected chi connectivity index (χ3v) is 2.35. The number of amides is 1. The van der Waals surface area contributed by atoms with E-state index in [0.29, 0.717) is 0 Å². The van der Waals surface area contributed by atoms with E-state index in [1.807, 2.05) is 0 Å². The first kappa shape index (κ1) is 9.64. The van der Waals surface area contributed by atoms with E-state index in [9.17, 15) is 14.0 Å². The molecule has 0 bridgehead atoms. The monoisotopic (exact) mass is 209 g/mol. The number of halogens is 1. The van der Waals surface area contributed by atoms with Gasteiger partial charge in [0.15, 0.2) is 5.78 Å². The van der Waals surface area contributed by atoms with E-state index in [-0.39, 0.29) is 30.0 Å². The molecule has 78 valence electrons. The number of benzene rings is 1. The number of fused-ring (bicyclic) bond motifs is 1. The third kappa shape index (κ3) is 1.45. The maximum atomic E-state index is 13.4. The van der Waals surface area contributed by atoms with Gasteiger partial charge in [0.2, 0.25) is 0 Å². The summed E-state index contributed by atoms with van der Waals surface area (Å²) in [7, 11) is 0. The van der Waals surface area contributed by atoms with Crippen molar-refractivity contribution in [2.24, 2.45) is 0 Å². The molecule has 0 aliphatic carbocycles. The molecule has 0 saturated carbocycles. The Morgan fingerprint density at radius 3 is 2.87 bits per heavy atom. The Morgan fingerprint density at radius 1 is 1.47 bits per heavy atom. The fourth-order valence-corrected chi connectivity index (χ4v) is 1.67. The summed E-state index contributed by atoms with van der Waals surface area (Å²) in [6.07, 6.45) is -1.14. The minimum absolute atomic E-state index is 0.0160. The molecule has 0 radical (unpaired) electrons. The van der Waals surface area contributed by atoms with Gasteiger partial charge in [0.25, 0.3) is 0 Å². The van der Waals surface area contributed by atoms with E-state index in [4.69, 9.17) is 5.11 Å². The second-order valence-corrected chi connectivity index (χ2v) is 3.24. The predicted molar refractivity (Wildman–Crippen MR) is 50.7 cm³/mol. The van der Waals surface area contributed by atoms with Gasteiger partial charge in [-0.1, -0.05) is 6.07 Å². The lowest BCUT2D eigenvalue weighted by Crippen LogP contribution is -2.37.